The third-order valence-electron chi connectivity index (χ3n) is 7.37. The molecule has 0 saturated heterocycles. The predicted molar refractivity (Wildman–Crippen MR) is 146 cm³/mol. The fourth-order valence-electron chi connectivity index (χ4n) is 4.55. The van der Waals surface area contributed by atoms with Crippen molar-refractivity contribution in [2.75, 3.05) is 17.2 Å². The van der Waals surface area contributed by atoms with Crippen molar-refractivity contribution < 1.29 is 5.11 Å². The number of aryl methyl sites for hydroxylation is 3. The molecule has 0 aromatic heterocycles. The molecule has 0 heterocycles. The first-order valence-corrected chi connectivity index (χ1v) is 11.5. The van der Waals surface area contributed by atoms with Gasteiger partial charge in [-0.1, -0.05) is 36.4 Å². The summed E-state index contributed by atoms with van der Waals surface area (Å²) in [4.78, 5) is 0. The Balaban J connectivity index is 2.21. The molecule has 0 amide bonds. The number of anilines is 3. The number of nitrogen functional groups attached to an aromatic ring is 3. The van der Waals surface area contributed by atoms with Crippen LogP contribution in [-0.2, 0) is 0 Å². The van der Waals surface area contributed by atoms with Gasteiger partial charge in [0.2, 0.25) is 0 Å². The standard InChI is InChI=1S/C30H33N3O/c1-15-7-10-22(28(31)18(15)4)21-13-14-25(34)27(24-12-9-17(3)20(6)30(24)33)26(21)23-11-8-16(2)19(5)29(23)32/h7-14,34H,31-33H2,1-6H3. The number of rotatable bonds is 3. The quantitative estimate of drug-likeness (QED) is 0.252. The van der Waals surface area contributed by atoms with E-state index in [0.717, 1.165) is 61.2 Å². The molecule has 0 bridgehead atoms. The molecule has 0 spiro atoms. The topological polar surface area (TPSA) is 98.3 Å². The first-order chi connectivity index (χ1) is 16.0. The van der Waals surface area contributed by atoms with Crippen LogP contribution in [0.5, 0.6) is 5.75 Å². The van der Waals surface area contributed by atoms with Crippen LogP contribution in [0.1, 0.15) is 33.4 Å². The predicted octanol–water partition coefficient (Wildman–Crippen LogP) is 6.99. The molecule has 0 aliphatic heterocycles. The number of benzene rings is 4. The number of hydrogen-bond donors (Lipinski definition) is 4. The summed E-state index contributed by atoms with van der Waals surface area (Å²) in [7, 11) is 0. The van der Waals surface area contributed by atoms with Crippen molar-refractivity contribution in [3.05, 3.63) is 81.9 Å². The lowest BCUT2D eigenvalue weighted by molar-refractivity contribution is 0.477. The molecule has 4 rings (SSSR count). The Morgan fingerprint density at radius 1 is 0.441 bits per heavy atom. The maximum atomic E-state index is 11.2. The highest BCUT2D eigenvalue weighted by Crippen LogP contribution is 2.50. The first-order valence-electron chi connectivity index (χ1n) is 11.5. The fourth-order valence-corrected chi connectivity index (χ4v) is 4.55. The van der Waals surface area contributed by atoms with Gasteiger partial charge in [0, 0.05) is 44.9 Å². The maximum Gasteiger partial charge on any atom is 0.124 e. The minimum atomic E-state index is 0.147. The van der Waals surface area contributed by atoms with Crippen LogP contribution >= 0.6 is 0 Å². The molecule has 4 heteroatoms. The van der Waals surface area contributed by atoms with E-state index in [1.807, 2.05) is 65.0 Å². The summed E-state index contributed by atoms with van der Waals surface area (Å²) in [5, 5.41) is 11.2. The third-order valence-corrected chi connectivity index (χ3v) is 7.37. The van der Waals surface area contributed by atoms with Crippen molar-refractivity contribution in [2.45, 2.75) is 41.5 Å². The van der Waals surface area contributed by atoms with E-state index in [1.54, 1.807) is 6.07 Å². The molecule has 4 aromatic rings. The summed E-state index contributed by atoms with van der Waals surface area (Å²) in [5.74, 6) is 0.147. The zero-order valence-corrected chi connectivity index (χ0v) is 20.8. The van der Waals surface area contributed by atoms with E-state index in [0.29, 0.717) is 22.6 Å². The van der Waals surface area contributed by atoms with Gasteiger partial charge >= 0.3 is 0 Å². The highest BCUT2D eigenvalue weighted by Gasteiger charge is 2.24. The highest BCUT2D eigenvalue weighted by molar-refractivity contribution is 6.04. The molecule has 174 valence electrons. The van der Waals surface area contributed by atoms with Crippen LogP contribution in [0.4, 0.5) is 17.1 Å². The molecule has 0 aliphatic rings. The fraction of sp³-hybridized carbons (Fsp3) is 0.200. The van der Waals surface area contributed by atoms with Crippen LogP contribution in [0.25, 0.3) is 33.4 Å². The lowest BCUT2D eigenvalue weighted by atomic mass is 9.83. The second kappa shape index (κ2) is 8.45. The van der Waals surface area contributed by atoms with Crippen LogP contribution in [0, 0.1) is 41.5 Å². The minimum Gasteiger partial charge on any atom is -0.507 e. The SMILES string of the molecule is Cc1ccc(-c2ccc(O)c(-c3ccc(C)c(C)c3N)c2-c2ccc(C)c(C)c2N)c(N)c1C. The van der Waals surface area contributed by atoms with Crippen molar-refractivity contribution in [1.82, 2.24) is 0 Å². The smallest absolute Gasteiger partial charge is 0.124 e. The second-order valence-corrected chi connectivity index (χ2v) is 9.29. The Labute approximate surface area is 202 Å². The zero-order chi connectivity index (χ0) is 24.9. The van der Waals surface area contributed by atoms with E-state index in [4.69, 9.17) is 17.2 Å². The number of aromatic hydroxyl groups is 1. The van der Waals surface area contributed by atoms with Gasteiger partial charge in [-0.3, -0.25) is 0 Å². The first kappa shape index (κ1) is 23.2. The van der Waals surface area contributed by atoms with Gasteiger partial charge in [0.25, 0.3) is 0 Å². The minimum absolute atomic E-state index is 0.147. The molecular weight excluding hydrogens is 418 g/mol. The number of hydrogen-bond acceptors (Lipinski definition) is 4. The van der Waals surface area contributed by atoms with Crippen LogP contribution in [-0.4, -0.2) is 5.11 Å². The average molecular weight is 452 g/mol. The molecule has 7 N–H and O–H groups in total. The molecule has 4 nitrogen and oxygen atoms in total. The van der Waals surface area contributed by atoms with E-state index in [2.05, 4.69) is 19.1 Å². The lowest BCUT2D eigenvalue weighted by Gasteiger charge is -2.23. The van der Waals surface area contributed by atoms with E-state index >= 15 is 0 Å². The van der Waals surface area contributed by atoms with Gasteiger partial charge in [-0.15, -0.1) is 0 Å². The van der Waals surface area contributed by atoms with Crippen molar-refractivity contribution >= 4 is 17.1 Å². The second-order valence-electron chi connectivity index (χ2n) is 9.29. The van der Waals surface area contributed by atoms with Crippen molar-refractivity contribution in [3.63, 3.8) is 0 Å². The molecule has 0 atom stereocenters. The third kappa shape index (κ3) is 3.56. The normalized spacial score (nSPS) is 11.1. The molecule has 0 fully saturated rings. The van der Waals surface area contributed by atoms with Crippen molar-refractivity contribution in [1.29, 1.82) is 0 Å². The van der Waals surface area contributed by atoms with Gasteiger partial charge < -0.3 is 22.3 Å². The van der Waals surface area contributed by atoms with Crippen molar-refractivity contribution in [3.8, 4) is 39.1 Å². The molecule has 0 unspecified atom stereocenters. The Hall–Kier alpha value is -3.92. The number of phenolic OH excluding ortho intramolecular Hbond substituents is 1. The largest absolute Gasteiger partial charge is 0.507 e. The van der Waals surface area contributed by atoms with E-state index in [9.17, 15) is 5.11 Å². The summed E-state index contributed by atoms with van der Waals surface area (Å²) in [6, 6.07) is 15.8. The van der Waals surface area contributed by atoms with Gasteiger partial charge in [0.1, 0.15) is 5.75 Å². The molecule has 4 aromatic carbocycles. The van der Waals surface area contributed by atoms with Crippen LogP contribution in [0.3, 0.4) is 0 Å². The molecular formula is C30H33N3O. The summed E-state index contributed by atoms with van der Waals surface area (Å²) in [6.45, 7) is 12.2. The number of phenols is 1. The van der Waals surface area contributed by atoms with E-state index in [1.165, 1.54) is 0 Å². The Kier molecular flexibility index (Phi) is 5.78. The highest BCUT2D eigenvalue weighted by atomic mass is 16.3. The van der Waals surface area contributed by atoms with Crippen LogP contribution < -0.4 is 17.2 Å². The summed E-state index contributed by atoms with van der Waals surface area (Å²) in [5.41, 5.74) is 33.3. The Morgan fingerprint density at radius 3 is 1.26 bits per heavy atom. The van der Waals surface area contributed by atoms with Crippen molar-refractivity contribution in [2.24, 2.45) is 0 Å². The van der Waals surface area contributed by atoms with Gasteiger partial charge in [-0.05, 0) is 92.6 Å². The van der Waals surface area contributed by atoms with Gasteiger partial charge in [-0.25, -0.2) is 0 Å². The Morgan fingerprint density at radius 2 is 0.794 bits per heavy atom. The van der Waals surface area contributed by atoms with E-state index in [-0.39, 0.29) is 5.75 Å². The van der Waals surface area contributed by atoms with Crippen LogP contribution in [0.15, 0.2) is 48.5 Å². The summed E-state index contributed by atoms with van der Waals surface area (Å²) in [6.07, 6.45) is 0. The Bertz CT molecular complexity index is 1450. The van der Waals surface area contributed by atoms with Crippen LogP contribution in [0.2, 0.25) is 0 Å². The average Bonchev–Trinajstić information content (AvgIpc) is 2.81. The monoisotopic (exact) mass is 451 g/mol. The van der Waals surface area contributed by atoms with Gasteiger partial charge in [0.15, 0.2) is 0 Å². The van der Waals surface area contributed by atoms with Gasteiger partial charge in [0.05, 0.1) is 0 Å². The zero-order valence-electron chi connectivity index (χ0n) is 20.8. The molecule has 0 saturated carbocycles. The lowest BCUT2D eigenvalue weighted by Crippen LogP contribution is -2.03. The molecule has 0 aliphatic carbocycles. The molecule has 34 heavy (non-hydrogen) atoms. The summed E-state index contributed by atoms with van der Waals surface area (Å²) < 4.78 is 0. The van der Waals surface area contributed by atoms with Gasteiger partial charge in [-0.2, -0.15) is 0 Å². The maximum absolute atomic E-state index is 11.2. The summed E-state index contributed by atoms with van der Waals surface area (Å²) >= 11 is 0. The number of nitrogens with two attached hydrogens (primary N) is 3. The van der Waals surface area contributed by atoms with E-state index < -0.39 is 0 Å². The molecule has 0 radical (unpaired) electrons.